The summed E-state index contributed by atoms with van der Waals surface area (Å²) in [4.78, 5) is 2.53. The highest BCUT2D eigenvalue weighted by Gasteiger charge is 2.35. The molecule has 11 heavy (non-hydrogen) atoms. The lowest BCUT2D eigenvalue weighted by atomic mass is 9.77. The van der Waals surface area contributed by atoms with E-state index in [9.17, 15) is 0 Å². The zero-order valence-corrected chi connectivity index (χ0v) is 8.35. The lowest BCUT2D eigenvalue weighted by molar-refractivity contribution is 0.0468. The summed E-state index contributed by atoms with van der Waals surface area (Å²) >= 11 is 0. The van der Waals surface area contributed by atoms with Gasteiger partial charge in [0.2, 0.25) is 0 Å². The van der Waals surface area contributed by atoms with Crippen molar-refractivity contribution >= 4 is 0 Å². The summed E-state index contributed by atoms with van der Waals surface area (Å²) in [5.74, 6) is 0.803. The maximum absolute atomic E-state index is 2.53. The highest BCUT2D eigenvalue weighted by Crippen LogP contribution is 2.36. The molecule has 1 nitrogen and oxygen atoms in total. The minimum absolute atomic E-state index is 0.546. The minimum Gasteiger partial charge on any atom is -0.301 e. The molecule has 0 aromatic heterocycles. The molecule has 0 saturated heterocycles. The Hall–Kier alpha value is -0.0400. The van der Waals surface area contributed by atoms with Crippen LogP contribution in [0.15, 0.2) is 0 Å². The van der Waals surface area contributed by atoms with Crippen LogP contribution in [0.1, 0.15) is 40.0 Å². The van der Waals surface area contributed by atoms with Crippen LogP contribution in [-0.2, 0) is 0 Å². The van der Waals surface area contributed by atoms with E-state index in [1.165, 1.54) is 25.8 Å². The van der Waals surface area contributed by atoms with Crippen LogP contribution in [0, 0.1) is 5.92 Å². The zero-order chi connectivity index (χ0) is 8.48. The standard InChI is InChI=1S/C10H21N/c1-9(2)8-11(4)10(3)6-5-7-10/h9H,5-8H2,1-4H3. The summed E-state index contributed by atoms with van der Waals surface area (Å²) in [6, 6.07) is 0. The van der Waals surface area contributed by atoms with E-state index in [0.29, 0.717) is 5.54 Å². The van der Waals surface area contributed by atoms with Crippen LogP contribution >= 0.6 is 0 Å². The van der Waals surface area contributed by atoms with E-state index in [1.807, 2.05) is 0 Å². The second-order valence-corrected chi connectivity index (χ2v) is 4.62. The molecule has 0 atom stereocenters. The first-order valence-electron chi connectivity index (χ1n) is 4.76. The summed E-state index contributed by atoms with van der Waals surface area (Å²) in [5, 5.41) is 0. The maximum Gasteiger partial charge on any atom is 0.0178 e. The van der Waals surface area contributed by atoms with Gasteiger partial charge >= 0.3 is 0 Å². The first kappa shape index (κ1) is 9.05. The van der Waals surface area contributed by atoms with Gasteiger partial charge in [0.1, 0.15) is 0 Å². The van der Waals surface area contributed by atoms with Crippen LogP contribution in [0.3, 0.4) is 0 Å². The smallest absolute Gasteiger partial charge is 0.0178 e. The number of hydrogen-bond donors (Lipinski definition) is 0. The van der Waals surface area contributed by atoms with Gasteiger partial charge in [-0.15, -0.1) is 0 Å². The van der Waals surface area contributed by atoms with Gasteiger partial charge in [-0.3, -0.25) is 0 Å². The average Bonchev–Trinajstić information content (AvgIpc) is 1.81. The van der Waals surface area contributed by atoms with Crippen molar-refractivity contribution in [1.82, 2.24) is 4.90 Å². The summed E-state index contributed by atoms with van der Waals surface area (Å²) < 4.78 is 0. The summed E-state index contributed by atoms with van der Waals surface area (Å²) in [5.41, 5.74) is 0.546. The molecule has 0 aliphatic heterocycles. The van der Waals surface area contributed by atoms with Gasteiger partial charge in [-0.05, 0) is 39.2 Å². The quantitative estimate of drug-likeness (QED) is 0.605. The van der Waals surface area contributed by atoms with Gasteiger partial charge in [0.15, 0.2) is 0 Å². The van der Waals surface area contributed by atoms with Gasteiger partial charge in [0.05, 0.1) is 0 Å². The molecule has 0 aromatic rings. The molecule has 1 heteroatoms. The molecule has 0 bridgehead atoms. The summed E-state index contributed by atoms with van der Waals surface area (Å²) in [6.45, 7) is 8.21. The third-order valence-corrected chi connectivity index (χ3v) is 2.99. The van der Waals surface area contributed by atoms with Gasteiger partial charge in [-0.1, -0.05) is 13.8 Å². The molecule has 1 aliphatic carbocycles. The molecule has 0 spiro atoms. The van der Waals surface area contributed by atoms with E-state index in [0.717, 1.165) is 5.92 Å². The Bertz CT molecular complexity index is 125. The van der Waals surface area contributed by atoms with Crippen molar-refractivity contribution in [2.45, 2.75) is 45.6 Å². The molecular weight excluding hydrogens is 134 g/mol. The molecule has 0 aromatic carbocycles. The number of hydrogen-bond acceptors (Lipinski definition) is 1. The fourth-order valence-corrected chi connectivity index (χ4v) is 1.84. The van der Waals surface area contributed by atoms with E-state index < -0.39 is 0 Å². The van der Waals surface area contributed by atoms with Crippen molar-refractivity contribution < 1.29 is 0 Å². The minimum atomic E-state index is 0.546. The van der Waals surface area contributed by atoms with Crippen molar-refractivity contribution in [1.29, 1.82) is 0 Å². The highest BCUT2D eigenvalue weighted by molar-refractivity contribution is 4.92. The fraction of sp³-hybridized carbons (Fsp3) is 1.00. The lowest BCUT2D eigenvalue weighted by Crippen LogP contribution is -2.50. The number of nitrogens with zero attached hydrogens (tertiary/aromatic N) is 1. The van der Waals surface area contributed by atoms with Gasteiger partial charge in [-0.2, -0.15) is 0 Å². The lowest BCUT2D eigenvalue weighted by Gasteiger charge is -2.46. The SMILES string of the molecule is CC(C)CN(C)C1(C)CCC1. The van der Waals surface area contributed by atoms with Crippen LogP contribution < -0.4 is 0 Å². The van der Waals surface area contributed by atoms with Crippen molar-refractivity contribution in [3.8, 4) is 0 Å². The largest absolute Gasteiger partial charge is 0.301 e. The van der Waals surface area contributed by atoms with Crippen LogP contribution in [0.5, 0.6) is 0 Å². The van der Waals surface area contributed by atoms with Crippen molar-refractivity contribution in [2.24, 2.45) is 5.92 Å². The Morgan fingerprint density at radius 3 is 2.18 bits per heavy atom. The average molecular weight is 155 g/mol. The van der Waals surface area contributed by atoms with Crippen molar-refractivity contribution in [2.75, 3.05) is 13.6 Å². The monoisotopic (exact) mass is 155 g/mol. The Kier molecular flexibility index (Phi) is 2.58. The van der Waals surface area contributed by atoms with Gasteiger partial charge in [0, 0.05) is 12.1 Å². The first-order chi connectivity index (χ1) is 5.04. The summed E-state index contributed by atoms with van der Waals surface area (Å²) in [6.07, 6.45) is 4.23. The second-order valence-electron chi connectivity index (χ2n) is 4.62. The molecule has 0 radical (unpaired) electrons. The molecule has 0 unspecified atom stereocenters. The van der Waals surface area contributed by atoms with Crippen LogP contribution in [0.25, 0.3) is 0 Å². The van der Waals surface area contributed by atoms with E-state index in [1.54, 1.807) is 0 Å². The molecule has 66 valence electrons. The fourth-order valence-electron chi connectivity index (χ4n) is 1.84. The van der Waals surface area contributed by atoms with Crippen LogP contribution in [-0.4, -0.2) is 24.0 Å². The molecule has 1 aliphatic rings. The highest BCUT2D eigenvalue weighted by atomic mass is 15.2. The number of rotatable bonds is 3. The van der Waals surface area contributed by atoms with Crippen molar-refractivity contribution in [3.63, 3.8) is 0 Å². The Morgan fingerprint density at radius 1 is 1.36 bits per heavy atom. The summed E-state index contributed by atoms with van der Waals surface area (Å²) in [7, 11) is 2.26. The van der Waals surface area contributed by atoms with E-state index >= 15 is 0 Å². The van der Waals surface area contributed by atoms with Crippen LogP contribution in [0.4, 0.5) is 0 Å². The Labute approximate surface area is 70.8 Å². The van der Waals surface area contributed by atoms with Gasteiger partial charge in [-0.25, -0.2) is 0 Å². The van der Waals surface area contributed by atoms with E-state index in [4.69, 9.17) is 0 Å². The first-order valence-corrected chi connectivity index (χ1v) is 4.76. The molecule has 1 saturated carbocycles. The predicted molar refractivity (Wildman–Crippen MR) is 49.7 cm³/mol. The molecule has 0 N–H and O–H groups in total. The van der Waals surface area contributed by atoms with Crippen LogP contribution in [0.2, 0.25) is 0 Å². The van der Waals surface area contributed by atoms with Gasteiger partial charge in [0.25, 0.3) is 0 Å². The normalized spacial score (nSPS) is 22.4. The van der Waals surface area contributed by atoms with Gasteiger partial charge < -0.3 is 4.90 Å². The third-order valence-electron chi connectivity index (χ3n) is 2.99. The topological polar surface area (TPSA) is 3.24 Å². The molecule has 1 rings (SSSR count). The third kappa shape index (κ3) is 1.96. The van der Waals surface area contributed by atoms with Crippen molar-refractivity contribution in [3.05, 3.63) is 0 Å². The Balaban J connectivity index is 2.34. The zero-order valence-electron chi connectivity index (χ0n) is 8.35. The maximum atomic E-state index is 2.53. The van der Waals surface area contributed by atoms with E-state index in [-0.39, 0.29) is 0 Å². The molecule has 1 fully saturated rings. The Morgan fingerprint density at radius 2 is 1.91 bits per heavy atom. The molecular formula is C10H21N. The molecule has 0 amide bonds. The predicted octanol–water partition coefficient (Wildman–Crippen LogP) is 2.52. The second kappa shape index (κ2) is 3.14. The molecule has 0 heterocycles. The van der Waals surface area contributed by atoms with E-state index in [2.05, 4.69) is 32.7 Å².